The summed E-state index contributed by atoms with van der Waals surface area (Å²) in [5, 5.41) is 20.1. The van der Waals surface area contributed by atoms with E-state index in [-0.39, 0.29) is 5.82 Å². The van der Waals surface area contributed by atoms with Crippen LogP contribution in [0.15, 0.2) is 35.9 Å². The van der Waals surface area contributed by atoms with Gasteiger partial charge in [0.05, 0.1) is 11.9 Å². The normalized spacial score (nSPS) is 9.43. The predicted octanol–water partition coefficient (Wildman–Crippen LogP) is -0.304. The Hall–Kier alpha value is -2.38. The Morgan fingerprint density at radius 2 is 1.43 bits per heavy atom. The van der Waals surface area contributed by atoms with Gasteiger partial charge in [-0.1, -0.05) is 6.08 Å². The van der Waals surface area contributed by atoms with Crippen molar-refractivity contribution in [2.75, 3.05) is 0 Å². The molecule has 0 saturated carbocycles. The van der Waals surface area contributed by atoms with Crippen LogP contribution < -0.4 is 11.5 Å². The molecule has 0 aromatic heterocycles. The van der Waals surface area contributed by atoms with Crippen molar-refractivity contribution in [3.05, 3.63) is 56.2 Å². The molecule has 0 spiro atoms. The molecule has 8 nitrogen and oxygen atoms in total. The van der Waals surface area contributed by atoms with Gasteiger partial charge in [-0.2, -0.15) is 0 Å². The summed E-state index contributed by atoms with van der Waals surface area (Å²) in [6.45, 7) is 0. The van der Waals surface area contributed by atoms with Crippen molar-refractivity contribution in [1.29, 1.82) is 0 Å². The molecule has 0 aromatic rings. The van der Waals surface area contributed by atoms with Crippen molar-refractivity contribution in [2.45, 2.75) is 0 Å². The number of nitro groups is 2. The molecule has 0 radical (unpaired) electrons. The van der Waals surface area contributed by atoms with E-state index >= 15 is 0 Å². The largest absolute Gasteiger partial charge is 0.558 e. The van der Waals surface area contributed by atoms with Crippen molar-refractivity contribution in [3.63, 3.8) is 0 Å². The Morgan fingerprint density at radius 3 is 1.79 bits per heavy atom. The van der Waals surface area contributed by atoms with Crippen molar-refractivity contribution >= 4 is 0 Å². The van der Waals surface area contributed by atoms with Crippen LogP contribution in [-0.2, 0) is 0 Å². The summed E-state index contributed by atoms with van der Waals surface area (Å²) in [5.74, 6) is -1.12. The van der Waals surface area contributed by atoms with Crippen LogP contribution in [0, 0.1) is 20.2 Å². The first-order valence-electron chi connectivity index (χ1n) is 3.33. The van der Waals surface area contributed by atoms with E-state index in [4.69, 9.17) is 11.5 Å². The zero-order valence-electron chi connectivity index (χ0n) is 6.99. The number of nitrogens with two attached hydrogens (primary N) is 2. The summed E-state index contributed by atoms with van der Waals surface area (Å²) < 4.78 is 0. The van der Waals surface area contributed by atoms with Gasteiger partial charge in [0.25, 0.3) is 0 Å². The van der Waals surface area contributed by atoms with Gasteiger partial charge >= 0.3 is 5.82 Å². The molecular formula is C6H8N4O4. The number of allylic oxidation sites excluding steroid dienone is 4. The molecule has 0 heterocycles. The van der Waals surface area contributed by atoms with E-state index in [1.165, 1.54) is 12.2 Å². The summed E-state index contributed by atoms with van der Waals surface area (Å²) >= 11 is 0. The molecule has 0 fully saturated rings. The Balaban J connectivity index is 4.62. The zero-order chi connectivity index (χ0) is 11.1. The van der Waals surface area contributed by atoms with E-state index in [0.717, 1.165) is 12.2 Å². The third-order valence-electron chi connectivity index (χ3n) is 1.02. The number of hydrogen-bond donors (Lipinski definition) is 2. The minimum absolute atomic E-state index is 0.00148. The Morgan fingerprint density at radius 1 is 1.00 bits per heavy atom. The molecule has 0 aromatic carbocycles. The van der Waals surface area contributed by atoms with Gasteiger partial charge in [0.15, 0.2) is 0 Å². The monoisotopic (exact) mass is 200 g/mol. The molecule has 14 heavy (non-hydrogen) atoms. The standard InChI is InChI=1S/C6H8N4O4/c7-5(8)3-1-2-4-6(9(11)12)10(13)14/h1-4H,7-8H2/b2-1+. The maximum absolute atomic E-state index is 10.1. The van der Waals surface area contributed by atoms with Crippen LogP contribution in [0.25, 0.3) is 0 Å². The maximum atomic E-state index is 10.1. The molecule has 0 aliphatic heterocycles. The molecule has 0 aliphatic carbocycles. The number of hydrogen-bond acceptors (Lipinski definition) is 6. The fourth-order valence-electron chi connectivity index (χ4n) is 0.497. The van der Waals surface area contributed by atoms with E-state index in [1.807, 2.05) is 0 Å². The van der Waals surface area contributed by atoms with Gasteiger partial charge in [-0.3, -0.25) is 20.2 Å². The highest BCUT2D eigenvalue weighted by Crippen LogP contribution is 1.96. The third kappa shape index (κ3) is 4.49. The van der Waals surface area contributed by atoms with E-state index in [1.54, 1.807) is 0 Å². The van der Waals surface area contributed by atoms with Gasteiger partial charge in [0.2, 0.25) is 0 Å². The second-order valence-corrected chi connectivity index (χ2v) is 2.09. The molecule has 4 N–H and O–H groups in total. The summed E-state index contributed by atoms with van der Waals surface area (Å²) in [7, 11) is 0. The molecule has 8 heteroatoms. The highest BCUT2D eigenvalue weighted by atomic mass is 16.7. The quantitative estimate of drug-likeness (QED) is 0.362. The maximum Gasteiger partial charge on any atom is 0.558 e. The minimum Gasteiger partial charge on any atom is -0.386 e. The lowest BCUT2D eigenvalue weighted by atomic mass is 10.4. The summed E-state index contributed by atoms with van der Waals surface area (Å²) in [6.07, 6.45) is 4.33. The lowest BCUT2D eigenvalue weighted by molar-refractivity contribution is -0.615. The van der Waals surface area contributed by atoms with E-state index < -0.39 is 15.7 Å². The first-order valence-corrected chi connectivity index (χ1v) is 3.33. The van der Waals surface area contributed by atoms with Crippen LogP contribution in [0.2, 0.25) is 0 Å². The Bertz CT molecular complexity index is 311. The first-order chi connectivity index (χ1) is 6.45. The molecule has 0 unspecified atom stereocenters. The summed E-state index contributed by atoms with van der Waals surface area (Å²) in [4.78, 5) is 17.9. The van der Waals surface area contributed by atoms with Crippen molar-refractivity contribution in [3.8, 4) is 0 Å². The molecule has 0 saturated heterocycles. The fourth-order valence-corrected chi connectivity index (χ4v) is 0.497. The van der Waals surface area contributed by atoms with Crippen molar-refractivity contribution < 1.29 is 9.85 Å². The lowest BCUT2D eigenvalue weighted by Crippen LogP contribution is -2.08. The first kappa shape index (κ1) is 11.6. The topological polar surface area (TPSA) is 138 Å². The van der Waals surface area contributed by atoms with Crippen molar-refractivity contribution in [1.82, 2.24) is 0 Å². The van der Waals surface area contributed by atoms with Gasteiger partial charge in [0, 0.05) is 0 Å². The van der Waals surface area contributed by atoms with Gasteiger partial charge in [-0.15, -0.1) is 0 Å². The van der Waals surface area contributed by atoms with Gasteiger partial charge in [0.1, 0.15) is 9.85 Å². The SMILES string of the molecule is NC(N)=C/C=C/C=C([N+](=O)[O-])[N+](=O)[O-]. The molecule has 0 aliphatic rings. The van der Waals surface area contributed by atoms with E-state index in [9.17, 15) is 20.2 Å². The van der Waals surface area contributed by atoms with Crippen LogP contribution in [0.3, 0.4) is 0 Å². The van der Waals surface area contributed by atoms with E-state index in [0.29, 0.717) is 0 Å². The molecule has 0 atom stereocenters. The highest BCUT2D eigenvalue weighted by molar-refractivity contribution is 5.13. The average molecular weight is 200 g/mol. The van der Waals surface area contributed by atoms with Crippen molar-refractivity contribution in [2.24, 2.45) is 11.5 Å². The summed E-state index contributed by atoms with van der Waals surface area (Å²) in [5.41, 5.74) is 10.1. The summed E-state index contributed by atoms with van der Waals surface area (Å²) in [6, 6.07) is 0. The van der Waals surface area contributed by atoms with Gasteiger partial charge in [-0.25, -0.2) is 0 Å². The molecule has 0 rings (SSSR count). The number of nitrogens with zero attached hydrogens (tertiary/aromatic N) is 2. The predicted molar refractivity (Wildman–Crippen MR) is 47.7 cm³/mol. The van der Waals surface area contributed by atoms with Gasteiger partial charge in [-0.05, 0) is 12.2 Å². The smallest absolute Gasteiger partial charge is 0.386 e. The van der Waals surface area contributed by atoms with Crippen LogP contribution in [-0.4, -0.2) is 9.85 Å². The average Bonchev–Trinajstić information content (AvgIpc) is 2.01. The van der Waals surface area contributed by atoms with Crippen LogP contribution in [0.5, 0.6) is 0 Å². The number of rotatable bonds is 4. The van der Waals surface area contributed by atoms with Crippen LogP contribution >= 0.6 is 0 Å². The van der Waals surface area contributed by atoms with E-state index in [2.05, 4.69) is 0 Å². The molecule has 0 amide bonds. The minimum atomic E-state index is -1.12. The van der Waals surface area contributed by atoms with Crippen LogP contribution in [0.4, 0.5) is 0 Å². The molecule has 76 valence electrons. The van der Waals surface area contributed by atoms with Crippen LogP contribution in [0.1, 0.15) is 0 Å². The zero-order valence-corrected chi connectivity index (χ0v) is 6.99. The highest BCUT2D eigenvalue weighted by Gasteiger charge is 2.22. The Labute approximate surface area is 78.5 Å². The Kier molecular flexibility index (Phi) is 4.40. The fraction of sp³-hybridized carbons (Fsp3) is 0. The molecular weight excluding hydrogens is 192 g/mol. The lowest BCUT2D eigenvalue weighted by Gasteiger charge is -1.84. The van der Waals surface area contributed by atoms with Gasteiger partial charge < -0.3 is 11.5 Å². The molecule has 0 bridgehead atoms. The second kappa shape index (κ2) is 5.30. The third-order valence-corrected chi connectivity index (χ3v) is 1.02. The second-order valence-electron chi connectivity index (χ2n) is 2.09.